The van der Waals surface area contributed by atoms with E-state index in [1.165, 1.54) is 0 Å². The van der Waals surface area contributed by atoms with Crippen molar-refractivity contribution in [3.8, 4) is 0 Å². The first-order valence-corrected chi connectivity index (χ1v) is 10.2. The van der Waals surface area contributed by atoms with Crippen molar-refractivity contribution in [1.29, 1.82) is 0 Å². The van der Waals surface area contributed by atoms with E-state index in [4.69, 9.17) is 9.97 Å². The first kappa shape index (κ1) is 17.6. The Kier molecular flexibility index (Phi) is 4.10. The zero-order valence-corrected chi connectivity index (χ0v) is 16.7. The minimum Gasteiger partial charge on any atom is -0.355 e. The lowest BCUT2D eigenvalue weighted by Crippen LogP contribution is -1.90. The van der Waals surface area contributed by atoms with E-state index >= 15 is 0 Å². The SMILES string of the molecule is C1=Cc2cc3ccc(cc4ccc(cc5nc(cc1n2)C(Cc1cccnc1)=C5)[nH]4)[nH]3. The highest BCUT2D eigenvalue weighted by molar-refractivity contribution is 5.85. The van der Waals surface area contributed by atoms with Crippen molar-refractivity contribution in [2.24, 2.45) is 0 Å². The normalized spacial score (nSPS) is 12.7. The summed E-state index contributed by atoms with van der Waals surface area (Å²) in [6.07, 6.45) is 10.7. The van der Waals surface area contributed by atoms with Crippen LogP contribution in [0, 0.1) is 0 Å². The van der Waals surface area contributed by atoms with Gasteiger partial charge in [0, 0.05) is 40.9 Å². The number of hydrogen-bond acceptors (Lipinski definition) is 3. The Morgan fingerprint density at radius 3 is 2.06 bits per heavy atom. The molecular formula is C26H19N5. The molecule has 6 heterocycles. The fraction of sp³-hybridized carbons (Fsp3) is 0.0385. The molecule has 4 aromatic heterocycles. The summed E-state index contributed by atoms with van der Waals surface area (Å²) in [4.78, 5) is 20.8. The second-order valence-electron chi connectivity index (χ2n) is 7.74. The molecule has 0 unspecified atom stereocenters. The van der Waals surface area contributed by atoms with Crippen molar-refractivity contribution < 1.29 is 0 Å². The molecule has 4 aromatic rings. The summed E-state index contributed by atoms with van der Waals surface area (Å²) in [5, 5.41) is 0. The standard InChI is InChI=1S/C26H19N5/c1-2-17(16-27-9-1)10-18-11-25-14-23-6-5-21(29-23)12-19-3-4-20(28-19)13-22-7-8-24(30-22)15-26(18)31-25/h1-9,11-16,28-29H,10H2. The monoisotopic (exact) mass is 401 g/mol. The third-order valence-corrected chi connectivity index (χ3v) is 5.37. The van der Waals surface area contributed by atoms with Crippen LogP contribution in [-0.2, 0) is 6.42 Å². The molecule has 0 saturated carbocycles. The van der Waals surface area contributed by atoms with E-state index in [0.29, 0.717) is 0 Å². The molecule has 0 amide bonds. The van der Waals surface area contributed by atoms with Crippen LogP contribution in [0.4, 0.5) is 0 Å². The van der Waals surface area contributed by atoms with Crippen LogP contribution in [0.1, 0.15) is 28.3 Å². The van der Waals surface area contributed by atoms with Gasteiger partial charge in [0.15, 0.2) is 0 Å². The van der Waals surface area contributed by atoms with E-state index in [0.717, 1.165) is 62.4 Å². The van der Waals surface area contributed by atoms with Gasteiger partial charge < -0.3 is 9.97 Å². The molecule has 0 atom stereocenters. The van der Waals surface area contributed by atoms with Crippen LogP contribution in [-0.4, -0.2) is 24.9 Å². The van der Waals surface area contributed by atoms with Gasteiger partial charge in [-0.15, -0.1) is 0 Å². The van der Waals surface area contributed by atoms with Gasteiger partial charge in [-0.25, -0.2) is 9.97 Å². The van der Waals surface area contributed by atoms with Gasteiger partial charge in [0.1, 0.15) is 0 Å². The summed E-state index contributed by atoms with van der Waals surface area (Å²) in [7, 11) is 0. The van der Waals surface area contributed by atoms with Crippen LogP contribution in [0.2, 0.25) is 0 Å². The number of pyridine rings is 1. The number of nitrogens with zero attached hydrogens (tertiary/aromatic N) is 3. The molecule has 0 aromatic carbocycles. The van der Waals surface area contributed by atoms with Gasteiger partial charge in [-0.1, -0.05) is 6.07 Å². The molecule has 5 heteroatoms. The lowest BCUT2D eigenvalue weighted by molar-refractivity contribution is 1.19. The molecule has 0 spiro atoms. The molecule has 0 saturated heterocycles. The molecular weight excluding hydrogens is 382 g/mol. The number of aromatic nitrogens is 5. The van der Waals surface area contributed by atoms with Gasteiger partial charge in [-0.3, -0.25) is 4.98 Å². The van der Waals surface area contributed by atoms with Crippen molar-refractivity contribution in [3.63, 3.8) is 0 Å². The Morgan fingerprint density at radius 1 is 0.677 bits per heavy atom. The van der Waals surface area contributed by atoms with E-state index < -0.39 is 0 Å². The zero-order valence-electron chi connectivity index (χ0n) is 16.7. The number of rotatable bonds is 2. The first-order chi connectivity index (χ1) is 15.3. The van der Waals surface area contributed by atoms with Crippen LogP contribution in [0.3, 0.4) is 0 Å². The number of aromatic amines is 2. The second-order valence-corrected chi connectivity index (χ2v) is 7.74. The third-order valence-electron chi connectivity index (χ3n) is 5.37. The predicted octanol–water partition coefficient (Wildman–Crippen LogP) is 5.66. The topological polar surface area (TPSA) is 70.2 Å². The lowest BCUT2D eigenvalue weighted by Gasteiger charge is -2.01. The quantitative estimate of drug-likeness (QED) is 0.401. The summed E-state index contributed by atoms with van der Waals surface area (Å²) >= 11 is 0. The molecule has 8 bridgehead atoms. The molecule has 6 rings (SSSR count). The van der Waals surface area contributed by atoms with Gasteiger partial charge in [0.05, 0.1) is 22.8 Å². The van der Waals surface area contributed by atoms with Gasteiger partial charge in [-0.05, 0) is 84.0 Å². The smallest absolute Gasteiger partial charge is 0.0694 e. The van der Waals surface area contributed by atoms with Crippen LogP contribution >= 0.6 is 0 Å². The van der Waals surface area contributed by atoms with E-state index in [2.05, 4.69) is 75.6 Å². The molecule has 2 aliphatic rings. The van der Waals surface area contributed by atoms with Crippen LogP contribution < -0.4 is 0 Å². The predicted molar refractivity (Wildman–Crippen MR) is 126 cm³/mol. The number of hydrogen-bond donors (Lipinski definition) is 2. The van der Waals surface area contributed by atoms with Crippen molar-refractivity contribution >= 4 is 45.9 Å². The molecule has 2 aliphatic heterocycles. The average molecular weight is 401 g/mol. The highest BCUT2D eigenvalue weighted by atomic mass is 14.8. The summed E-state index contributed by atoms with van der Waals surface area (Å²) in [6.45, 7) is 0. The largest absolute Gasteiger partial charge is 0.355 e. The number of H-pyrrole nitrogens is 2. The average Bonchev–Trinajstić information content (AvgIpc) is 3.55. The van der Waals surface area contributed by atoms with Crippen molar-refractivity contribution in [1.82, 2.24) is 24.9 Å². The maximum atomic E-state index is 4.90. The number of fused-ring (bicyclic) bond motifs is 8. The van der Waals surface area contributed by atoms with E-state index in [-0.39, 0.29) is 0 Å². The summed E-state index contributed by atoms with van der Waals surface area (Å²) < 4.78 is 0. The number of allylic oxidation sites excluding steroid dienone is 1. The Morgan fingerprint density at radius 2 is 1.35 bits per heavy atom. The zero-order chi connectivity index (χ0) is 20.6. The van der Waals surface area contributed by atoms with E-state index in [1.807, 2.05) is 24.4 Å². The van der Waals surface area contributed by atoms with Gasteiger partial charge in [0.25, 0.3) is 0 Å². The first-order valence-electron chi connectivity index (χ1n) is 10.2. The molecule has 0 aliphatic carbocycles. The molecule has 2 N–H and O–H groups in total. The van der Waals surface area contributed by atoms with Crippen molar-refractivity contribution in [2.45, 2.75) is 6.42 Å². The fourth-order valence-corrected chi connectivity index (χ4v) is 3.94. The van der Waals surface area contributed by atoms with E-state index in [9.17, 15) is 0 Å². The molecule has 148 valence electrons. The lowest BCUT2D eigenvalue weighted by atomic mass is 10.0. The molecule has 5 nitrogen and oxygen atoms in total. The minimum atomic E-state index is 0.773. The highest BCUT2D eigenvalue weighted by Crippen LogP contribution is 2.26. The third kappa shape index (κ3) is 3.69. The summed E-state index contributed by atoms with van der Waals surface area (Å²) in [5.41, 5.74) is 10.1. The van der Waals surface area contributed by atoms with Gasteiger partial charge in [-0.2, -0.15) is 0 Å². The summed E-state index contributed by atoms with van der Waals surface area (Å²) in [5.74, 6) is 0. The van der Waals surface area contributed by atoms with Crippen LogP contribution in [0.25, 0.3) is 45.9 Å². The molecule has 0 radical (unpaired) electrons. The summed E-state index contributed by atoms with van der Waals surface area (Å²) in [6, 6.07) is 20.6. The molecule has 31 heavy (non-hydrogen) atoms. The van der Waals surface area contributed by atoms with Crippen molar-refractivity contribution in [2.75, 3.05) is 0 Å². The van der Waals surface area contributed by atoms with Gasteiger partial charge in [0.2, 0.25) is 0 Å². The minimum absolute atomic E-state index is 0.773. The van der Waals surface area contributed by atoms with Crippen LogP contribution in [0.5, 0.6) is 0 Å². The van der Waals surface area contributed by atoms with E-state index in [1.54, 1.807) is 6.20 Å². The Hall–Kier alpha value is -4.25. The second kappa shape index (κ2) is 7.22. The maximum absolute atomic E-state index is 4.90. The number of nitrogens with one attached hydrogen (secondary N) is 2. The fourth-order valence-electron chi connectivity index (χ4n) is 3.94. The Labute approximate surface area is 178 Å². The highest BCUT2D eigenvalue weighted by Gasteiger charge is 2.12. The Balaban J connectivity index is 1.57. The van der Waals surface area contributed by atoms with Crippen LogP contribution in [0.15, 0.2) is 73.1 Å². The van der Waals surface area contributed by atoms with Crippen molar-refractivity contribution in [3.05, 3.63) is 101 Å². The Bertz CT molecular complexity index is 1500. The maximum Gasteiger partial charge on any atom is 0.0694 e. The molecule has 0 fully saturated rings. The van der Waals surface area contributed by atoms with Gasteiger partial charge >= 0.3 is 0 Å².